The minimum atomic E-state index is 0.142. The van der Waals surface area contributed by atoms with Gasteiger partial charge < -0.3 is 10.4 Å². The smallest absolute Gasteiger partial charge is 0.122 e. The topological polar surface area (TPSA) is 32.3 Å². The largest absolute Gasteiger partial charge is 0.508 e. The lowest BCUT2D eigenvalue weighted by Crippen LogP contribution is -2.35. The number of hydrogen-bond acceptors (Lipinski definition) is 2. The van der Waals surface area contributed by atoms with Gasteiger partial charge in [0, 0.05) is 17.7 Å². The predicted octanol–water partition coefficient (Wildman–Crippen LogP) is 4.21. The molecule has 1 heterocycles. The molecule has 5 heteroatoms. The van der Waals surface area contributed by atoms with Gasteiger partial charge in [0.1, 0.15) is 5.75 Å². The van der Waals surface area contributed by atoms with E-state index in [1.54, 1.807) is 0 Å². The van der Waals surface area contributed by atoms with Crippen LogP contribution in [0.25, 0.3) is 0 Å². The van der Waals surface area contributed by atoms with Gasteiger partial charge in [-0.05, 0) is 32.2 Å². The summed E-state index contributed by atoms with van der Waals surface area (Å²) in [7, 11) is 0. The van der Waals surface area contributed by atoms with Crippen LogP contribution >= 0.6 is 34.8 Å². The van der Waals surface area contributed by atoms with Gasteiger partial charge in [0.2, 0.25) is 0 Å². The van der Waals surface area contributed by atoms with Crippen molar-refractivity contribution < 1.29 is 5.11 Å². The van der Waals surface area contributed by atoms with E-state index in [0.717, 1.165) is 24.9 Å². The van der Waals surface area contributed by atoms with E-state index in [1.807, 2.05) is 0 Å². The lowest BCUT2D eigenvalue weighted by Gasteiger charge is -2.29. The maximum absolute atomic E-state index is 9.99. The zero-order valence-corrected chi connectivity index (χ0v) is 11.7. The highest BCUT2D eigenvalue weighted by molar-refractivity contribution is 6.48. The van der Waals surface area contributed by atoms with Crippen molar-refractivity contribution >= 4 is 34.8 Å². The summed E-state index contributed by atoms with van der Waals surface area (Å²) in [6, 6.07) is 1.89. The summed E-state index contributed by atoms with van der Waals surface area (Å²) in [6.07, 6.45) is 1.88. The number of nitrogens with one attached hydrogen (secondary N) is 1. The lowest BCUT2D eigenvalue weighted by molar-refractivity contribution is 0.370. The monoisotopic (exact) mass is 293 g/mol. The SMILES string of the molecule is CC1CC(c2c(O)cc(Cl)c(Cl)c2Cl)CCN1. The Morgan fingerprint density at radius 2 is 2.00 bits per heavy atom. The van der Waals surface area contributed by atoms with Crippen molar-refractivity contribution in [3.8, 4) is 5.75 Å². The van der Waals surface area contributed by atoms with Crippen LogP contribution < -0.4 is 5.32 Å². The van der Waals surface area contributed by atoms with E-state index < -0.39 is 0 Å². The van der Waals surface area contributed by atoms with Gasteiger partial charge >= 0.3 is 0 Å². The first-order valence-electron chi connectivity index (χ1n) is 5.60. The third-order valence-electron chi connectivity index (χ3n) is 3.21. The van der Waals surface area contributed by atoms with Crippen LogP contribution in [0.1, 0.15) is 31.2 Å². The van der Waals surface area contributed by atoms with Gasteiger partial charge in [-0.15, -0.1) is 0 Å². The molecule has 0 spiro atoms. The van der Waals surface area contributed by atoms with Crippen LogP contribution in [0, 0.1) is 0 Å². The van der Waals surface area contributed by atoms with Crippen molar-refractivity contribution in [2.45, 2.75) is 31.7 Å². The molecule has 2 unspecified atom stereocenters. The maximum Gasteiger partial charge on any atom is 0.122 e. The summed E-state index contributed by atoms with van der Waals surface area (Å²) in [5.41, 5.74) is 0.731. The van der Waals surface area contributed by atoms with Gasteiger partial charge in [0.25, 0.3) is 0 Å². The molecule has 2 rings (SSSR count). The summed E-state index contributed by atoms with van der Waals surface area (Å²) in [5.74, 6) is 0.372. The van der Waals surface area contributed by atoms with E-state index in [4.69, 9.17) is 34.8 Å². The van der Waals surface area contributed by atoms with E-state index in [-0.39, 0.29) is 11.7 Å². The Kier molecular flexibility index (Phi) is 4.09. The van der Waals surface area contributed by atoms with E-state index >= 15 is 0 Å². The third-order valence-corrected chi connectivity index (χ3v) is 4.49. The number of phenolic OH excluding ortho intramolecular Hbond substituents is 1. The molecule has 94 valence electrons. The lowest BCUT2D eigenvalue weighted by atomic mass is 9.86. The first kappa shape index (κ1) is 13.3. The Bertz CT molecular complexity index is 436. The average molecular weight is 295 g/mol. The molecule has 0 saturated carbocycles. The summed E-state index contributed by atoms with van der Waals surface area (Å²) in [5, 5.41) is 14.4. The number of phenols is 1. The fourth-order valence-electron chi connectivity index (χ4n) is 2.38. The molecule has 17 heavy (non-hydrogen) atoms. The highest BCUT2D eigenvalue weighted by atomic mass is 35.5. The van der Waals surface area contributed by atoms with E-state index in [1.165, 1.54) is 6.07 Å². The highest BCUT2D eigenvalue weighted by Crippen LogP contribution is 2.44. The molecule has 1 aliphatic heterocycles. The predicted molar refractivity (Wildman–Crippen MR) is 72.6 cm³/mol. The second kappa shape index (κ2) is 5.23. The Balaban J connectivity index is 2.41. The fraction of sp³-hybridized carbons (Fsp3) is 0.500. The summed E-state index contributed by atoms with van der Waals surface area (Å²) in [6.45, 7) is 3.04. The van der Waals surface area contributed by atoms with E-state index in [9.17, 15) is 5.11 Å². The van der Waals surface area contributed by atoms with Crippen molar-refractivity contribution in [1.82, 2.24) is 5.32 Å². The van der Waals surface area contributed by atoms with Gasteiger partial charge in [-0.1, -0.05) is 34.8 Å². The van der Waals surface area contributed by atoms with Crippen molar-refractivity contribution in [2.75, 3.05) is 6.54 Å². The molecule has 2 N–H and O–H groups in total. The molecule has 1 fully saturated rings. The molecule has 2 nitrogen and oxygen atoms in total. The molecule has 0 aliphatic carbocycles. The van der Waals surface area contributed by atoms with Gasteiger partial charge in [-0.25, -0.2) is 0 Å². The molecular weight excluding hydrogens is 280 g/mol. The molecule has 1 saturated heterocycles. The third kappa shape index (κ3) is 2.65. The van der Waals surface area contributed by atoms with Crippen LogP contribution in [0.15, 0.2) is 6.07 Å². The molecule has 2 atom stereocenters. The maximum atomic E-state index is 9.99. The Labute approximate surface area is 116 Å². The first-order chi connectivity index (χ1) is 8.00. The Morgan fingerprint density at radius 3 is 2.65 bits per heavy atom. The quantitative estimate of drug-likeness (QED) is 0.761. The number of hydrogen-bond donors (Lipinski definition) is 2. The number of benzene rings is 1. The second-order valence-corrected chi connectivity index (χ2v) is 5.66. The number of piperidine rings is 1. The van der Waals surface area contributed by atoms with Crippen molar-refractivity contribution in [3.63, 3.8) is 0 Å². The van der Waals surface area contributed by atoms with Crippen LogP contribution in [0.5, 0.6) is 5.75 Å². The van der Waals surface area contributed by atoms with Crippen LogP contribution in [0.3, 0.4) is 0 Å². The molecule has 1 aromatic rings. The van der Waals surface area contributed by atoms with Crippen LogP contribution in [0.4, 0.5) is 0 Å². The van der Waals surface area contributed by atoms with Crippen LogP contribution in [-0.4, -0.2) is 17.7 Å². The minimum absolute atomic E-state index is 0.142. The van der Waals surface area contributed by atoms with Gasteiger partial charge in [-0.3, -0.25) is 0 Å². The number of aromatic hydroxyl groups is 1. The zero-order chi connectivity index (χ0) is 12.6. The van der Waals surface area contributed by atoms with E-state index in [2.05, 4.69) is 12.2 Å². The number of rotatable bonds is 1. The first-order valence-corrected chi connectivity index (χ1v) is 6.73. The summed E-state index contributed by atoms with van der Waals surface area (Å²) in [4.78, 5) is 0. The zero-order valence-electron chi connectivity index (χ0n) is 9.43. The van der Waals surface area contributed by atoms with E-state index in [0.29, 0.717) is 21.1 Å². The van der Waals surface area contributed by atoms with Crippen molar-refractivity contribution in [1.29, 1.82) is 0 Å². The molecule has 1 aliphatic rings. The summed E-state index contributed by atoms with van der Waals surface area (Å²) >= 11 is 18.1. The van der Waals surface area contributed by atoms with Gasteiger partial charge in [0.15, 0.2) is 0 Å². The van der Waals surface area contributed by atoms with Crippen molar-refractivity contribution in [3.05, 3.63) is 26.7 Å². The standard InChI is InChI=1S/C12H14Cl3NO/c1-6-4-7(2-3-16-6)10-9(17)5-8(13)11(14)12(10)15/h5-7,16-17H,2-4H2,1H3. The molecule has 1 aromatic carbocycles. The average Bonchev–Trinajstić information content (AvgIpc) is 2.26. The molecule has 0 aromatic heterocycles. The van der Waals surface area contributed by atoms with Crippen LogP contribution in [0.2, 0.25) is 15.1 Å². The highest BCUT2D eigenvalue weighted by Gasteiger charge is 2.26. The molecule has 0 bridgehead atoms. The molecule has 0 radical (unpaired) electrons. The normalized spacial score (nSPS) is 24.9. The molecular formula is C12H14Cl3NO. The second-order valence-electron chi connectivity index (χ2n) is 4.50. The fourth-order valence-corrected chi connectivity index (χ4v) is 3.13. The Morgan fingerprint density at radius 1 is 1.29 bits per heavy atom. The number of halogens is 3. The van der Waals surface area contributed by atoms with Crippen molar-refractivity contribution in [2.24, 2.45) is 0 Å². The van der Waals surface area contributed by atoms with Gasteiger partial charge in [-0.2, -0.15) is 0 Å². The minimum Gasteiger partial charge on any atom is -0.508 e. The molecule has 0 amide bonds. The summed E-state index contributed by atoms with van der Waals surface area (Å²) < 4.78 is 0. The van der Waals surface area contributed by atoms with Crippen LogP contribution in [-0.2, 0) is 0 Å². The van der Waals surface area contributed by atoms with Gasteiger partial charge in [0.05, 0.1) is 15.1 Å². The Hall–Kier alpha value is -0.150.